The van der Waals surface area contributed by atoms with Gasteiger partial charge in [0.15, 0.2) is 0 Å². The minimum Gasteiger partial charge on any atom is -0.367 e. The molecule has 4 rings (SSSR count). The molecule has 24 heavy (non-hydrogen) atoms. The third-order valence-electron chi connectivity index (χ3n) is 4.52. The maximum Gasteiger partial charge on any atom is 0.266 e. The zero-order chi connectivity index (χ0) is 16.5. The third kappa shape index (κ3) is 2.75. The van der Waals surface area contributed by atoms with Gasteiger partial charge in [0.1, 0.15) is 12.1 Å². The highest BCUT2D eigenvalue weighted by molar-refractivity contribution is 5.45. The van der Waals surface area contributed by atoms with Crippen LogP contribution in [0.5, 0.6) is 0 Å². The number of fused-ring (bicyclic) bond motifs is 1. The topological polar surface area (TPSA) is 90.0 Å². The molecule has 0 saturated heterocycles. The highest BCUT2D eigenvalue weighted by atomic mass is 16.1. The molecular formula is C16H19N7O. The Morgan fingerprint density at radius 3 is 2.83 bits per heavy atom. The van der Waals surface area contributed by atoms with Crippen LogP contribution < -0.4 is 10.9 Å². The molecule has 124 valence electrons. The molecule has 1 N–H and O–H groups in total. The lowest BCUT2D eigenvalue weighted by Gasteiger charge is -2.30. The summed E-state index contributed by atoms with van der Waals surface area (Å²) < 4.78 is 3.34. The molecule has 0 amide bonds. The second-order valence-electron chi connectivity index (χ2n) is 6.21. The summed E-state index contributed by atoms with van der Waals surface area (Å²) in [5, 5.41) is 12.0. The fraction of sp³-hybridized carbons (Fsp3) is 0.438. The lowest BCUT2D eigenvalue weighted by Crippen LogP contribution is -2.33. The van der Waals surface area contributed by atoms with Gasteiger partial charge in [0, 0.05) is 30.1 Å². The zero-order valence-electron chi connectivity index (χ0n) is 13.5. The van der Waals surface area contributed by atoms with E-state index in [1.807, 2.05) is 13.0 Å². The maximum absolute atomic E-state index is 11.9. The lowest BCUT2D eigenvalue weighted by molar-refractivity contribution is 0.303. The Bertz CT molecular complexity index is 908. The summed E-state index contributed by atoms with van der Waals surface area (Å²) >= 11 is 0. The van der Waals surface area contributed by atoms with E-state index in [0.29, 0.717) is 11.8 Å². The fourth-order valence-electron chi connectivity index (χ4n) is 3.35. The van der Waals surface area contributed by atoms with E-state index in [0.717, 1.165) is 37.2 Å². The molecule has 3 aromatic rings. The molecule has 0 aliphatic heterocycles. The van der Waals surface area contributed by atoms with Gasteiger partial charge in [-0.05, 0) is 38.7 Å². The van der Waals surface area contributed by atoms with E-state index in [1.54, 1.807) is 27.5 Å². The van der Waals surface area contributed by atoms with Gasteiger partial charge in [-0.2, -0.15) is 19.7 Å². The number of hydrogen-bond donors (Lipinski definition) is 1. The minimum absolute atomic E-state index is 0.0250. The van der Waals surface area contributed by atoms with E-state index in [-0.39, 0.29) is 11.6 Å². The summed E-state index contributed by atoms with van der Waals surface area (Å²) in [5.41, 5.74) is 0.884. The predicted octanol–water partition coefficient (Wildman–Crippen LogP) is 1.59. The average molecular weight is 325 g/mol. The molecule has 8 nitrogen and oxygen atoms in total. The first-order valence-corrected chi connectivity index (χ1v) is 8.18. The van der Waals surface area contributed by atoms with E-state index in [9.17, 15) is 4.79 Å². The van der Waals surface area contributed by atoms with E-state index in [1.165, 1.54) is 6.33 Å². The molecule has 0 radical (unpaired) electrons. The standard InChI is InChI=1S/C16H19N7O/c1-11-9-14(23-16(20-11)17-10-19-23)21-12-4-6-13(7-5-12)22-15(24)3-2-8-18-22/h2-3,8-10,12-13,21H,4-7H2,1H3. The summed E-state index contributed by atoms with van der Waals surface area (Å²) in [6, 6.07) is 5.76. The Morgan fingerprint density at radius 1 is 1.21 bits per heavy atom. The first-order chi connectivity index (χ1) is 11.7. The quantitative estimate of drug-likeness (QED) is 0.786. The van der Waals surface area contributed by atoms with E-state index < -0.39 is 0 Å². The Labute approximate surface area is 138 Å². The SMILES string of the molecule is Cc1cc(NC2CCC(n3ncccc3=O)CC2)n2ncnc2n1. The van der Waals surface area contributed by atoms with Crippen molar-refractivity contribution in [3.05, 3.63) is 46.8 Å². The van der Waals surface area contributed by atoms with Gasteiger partial charge >= 0.3 is 0 Å². The van der Waals surface area contributed by atoms with Crippen LogP contribution in [-0.4, -0.2) is 35.4 Å². The van der Waals surface area contributed by atoms with Crippen LogP contribution in [0.1, 0.15) is 37.4 Å². The van der Waals surface area contributed by atoms with Crippen molar-refractivity contribution in [2.24, 2.45) is 0 Å². The number of nitrogens with one attached hydrogen (secondary N) is 1. The van der Waals surface area contributed by atoms with Crippen molar-refractivity contribution < 1.29 is 0 Å². The highest BCUT2D eigenvalue weighted by Gasteiger charge is 2.24. The van der Waals surface area contributed by atoms with Crippen molar-refractivity contribution in [2.45, 2.75) is 44.7 Å². The Balaban J connectivity index is 1.47. The van der Waals surface area contributed by atoms with Crippen LogP contribution in [0.25, 0.3) is 5.78 Å². The van der Waals surface area contributed by atoms with Crippen LogP contribution in [0, 0.1) is 6.92 Å². The van der Waals surface area contributed by atoms with Gasteiger partial charge in [0.25, 0.3) is 11.3 Å². The minimum atomic E-state index is -0.0250. The molecule has 0 spiro atoms. The highest BCUT2D eigenvalue weighted by Crippen LogP contribution is 2.28. The summed E-state index contributed by atoms with van der Waals surface area (Å²) in [7, 11) is 0. The molecule has 0 unspecified atom stereocenters. The number of hydrogen-bond acceptors (Lipinski definition) is 6. The Morgan fingerprint density at radius 2 is 2.04 bits per heavy atom. The molecule has 3 aromatic heterocycles. The van der Waals surface area contributed by atoms with E-state index in [4.69, 9.17) is 0 Å². The Kier molecular flexibility index (Phi) is 3.72. The van der Waals surface area contributed by atoms with Gasteiger partial charge in [-0.1, -0.05) is 0 Å². The van der Waals surface area contributed by atoms with Crippen molar-refractivity contribution in [1.82, 2.24) is 29.4 Å². The second-order valence-corrected chi connectivity index (χ2v) is 6.21. The zero-order valence-corrected chi connectivity index (χ0v) is 13.5. The number of nitrogens with zero attached hydrogens (tertiary/aromatic N) is 6. The van der Waals surface area contributed by atoms with Crippen LogP contribution >= 0.6 is 0 Å². The van der Waals surface area contributed by atoms with Gasteiger partial charge in [-0.25, -0.2) is 9.67 Å². The largest absolute Gasteiger partial charge is 0.367 e. The molecule has 0 atom stereocenters. The van der Waals surface area contributed by atoms with E-state index in [2.05, 4.69) is 25.5 Å². The molecule has 1 saturated carbocycles. The van der Waals surface area contributed by atoms with Crippen molar-refractivity contribution in [2.75, 3.05) is 5.32 Å². The van der Waals surface area contributed by atoms with Gasteiger partial charge in [-0.3, -0.25) is 4.79 Å². The number of aromatic nitrogens is 6. The van der Waals surface area contributed by atoms with Crippen LogP contribution in [-0.2, 0) is 0 Å². The van der Waals surface area contributed by atoms with Gasteiger partial charge in [-0.15, -0.1) is 0 Å². The number of rotatable bonds is 3. The van der Waals surface area contributed by atoms with Crippen LogP contribution in [0.3, 0.4) is 0 Å². The summed E-state index contributed by atoms with van der Waals surface area (Å²) in [4.78, 5) is 20.4. The first kappa shape index (κ1) is 14.8. The smallest absolute Gasteiger partial charge is 0.266 e. The number of aryl methyl sites for hydroxylation is 1. The summed E-state index contributed by atoms with van der Waals surface area (Å²) in [6.45, 7) is 1.95. The van der Waals surface area contributed by atoms with Crippen molar-refractivity contribution in [3.63, 3.8) is 0 Å². The van der Waals surface area contributed by atoms with Gasteiger partial charge in [0.2, 0.25) is 0 Å². The lowest BCUT2D eigenvalue weighted by atomic mass is 9.91. The summed E-state index contributed by atoms with van der Waals surface area (Å²) in [5.74, 6) is 1.51. The molecule has 0 bridgehead atoms. The number of anilines is 1. The molecule has 8 heteroatoms. The molecule has 1 fully saturated rings. The van der Waals surface area contributed by atoms with Gasteiger partial charge in [0.05, 0.1) is 6.04 Å². The van der Waals surface area contributed by atoms with Crippen molar-refractivity contribution in [1.29, 1.82) is 0 Å². The molecular weight excluding hydrogens is 306 g/mol. The van der Waals surface area contributed by atoms with Gasteiger partial charge < -0.3 is 5.32 Å². The monoisotopic (exact) mass is 325 g/mol. The fourth-order valence-corrected chi connectivity index (χ4v) is 3.35. The van der Waals surface area contributed by atoms with Crippen molar-refractivity contribution in [3.8, 4) is 0 Å². The third-order valence-corrected chi connectivity index (χ3v) is 4.52. The second kappa shape index (κ2) is 6.03. The van der Waals surface area contributed by atoms with Crippen LogP contribution in [0.4, 0.5) is 5.82 Å². The predicted molar refractivity (Wildman–Crippen MR) is 88.9 cm³/mol. The van der Waals surface area contributed by atoms with Crippen LogP contribution in [0.2, 0.25) is 0 Å². The maximum atomic E-state index is 11.9. The van der Waals surface area contributed by atoms with E-state index >= 15 is 0 Å². The molecule has 0 aromatic carbocycles. The first-order valence-electron chi connectivity index (χ1n) is 8.18. The molecule has 1 aliphatic carbocycles. The average Bonchev–Trinajstić information content (AvgIpc) is 3.05. The molecule has 3 heterocycles. The summed E-state index contributed by atoms with van der Waals surface area (Å²) in [6.07, 6.45) is 7.00. The molecule has 1 aliphatic rings. The Hall–Kier alpha value is -2.77. The normalized spacial score (nSPS) is 21.0. The van der Waals surface area contributed by atoms with Crippen molar-refractivity contribution >= 4 is 11.6 Å². The van der Waals surface area contributed by atoms with Crippen LogP contribution in [0.15, 0.2) is 35.5 Å².